The van der Waals surface area contributed by atoms with Gasteiger partial charge in [-0.25, -0.2) is 4.79 Å². The second-order valence-electron chi connectivity index (χ2n) is 5.98. The van der Waals surface area contributed by atoms with E-state index < -0.39 is 11.5 Å². The van der Waals surface area contributed by atoms with E-state index in [-0.39, 0.29) is 17.0 Å². The maximum absolute atomic E-state index is 12.5. The predicted molar refractivity (Wildman–Crippen MR) is 99.7 cm³/mol. The van der Waals surface area contributed by atoms with Crippen LogP contribution in [0.3, 0.4) is 0 Å². The van der Waals surface area contributed by atoms with Gasteiger partial charge < -0.3 is 9.73 Å². The number of carbonyl (C=O) groups excluding carboxylic acids is 1. The van der Waals surface area contributed by atoms with Crippen LogP contribution in [0.15, 0.2) is 63.8 Å². The van der Waals surface area contributed by atoms with E-state index in [1.807, 2.05) is 43.6 Å². The number of anilines is 2. The molecule has 1 amide bonds. The third-order valence-electron chi connectivity index (χ3n) is 3.94. The third-order valence-corrected chi connectivity index (χ3v) is 3.94. The Balaban J connectivity index is 1.96. The summed E-state index contributed by atoms with van der Waals surface area (Å²) in [5.74, 6) is -0.423. The highest BCUT2D eigenvalue weighted by atomic mass is 16.5. The first-order valence-electron chi connectivity index (χ1n) is 8.01. The molecule has 0 fully saturated rings. The van der Waals surface area contributed by atoms with Crippen LogP contribution < -0.4 is 16.4 Å². The van der Waals surface area contributed by atoms with Crippen molar-refractivity contribution in [3.63, 3.8) is 0 Å². The van der Waals surface area contributed by atoms with E-state index in [0.29, 0.717) is 11.3 Å². The van der Waals surface area contributed by atoms with E-state index >= 15 is 0 Å². The van der Waals surface area contributed by atoms with Crippen molar-refractivity contribution in [1.82, 2.24) is 0 Å². The van der Waals surface area contributed by atoms with Crippen LogP contribution in [0.25, 0.3) is 11.3 Å². The topological polar surface area (TPSA) is 91.6 Å². The maximum atomic E-state index is 12.5. The van der Waals surface area contributed by atoms with E-state index in [9.17, 15) is 14.8 Å². The van der Waals surface area contributed by atoms with Gasteiger partial charge in [-0.2, -0.15) is 0 Å². The van der Waals surface area contributed by atoms with Gasteiger partial charge in [-0.15, -0.1) is 0 Å². The fraction of sp³-hybridized carbons (Fsp3) is 0.100. The summed E-state index contributed by atoms with van der Waals surface area (Å²) in [6, 6.07) is 15.9. The first-order valence-corrected chi connectivity index (χ1v) is 8.01. The molecular formula is C20H18N2O4. The van der Waals surface area contributed by atoms with E-state index in [1.165, 1.54) is 6.07 Å². The summed E-state index contributed by atoms with van der Waals surface area (Å²) in [5, 5.41) is 12.0. The van der Waals surface area contributed by atoms with Gasteiger partial charge in [0.05, 0.1) is 5.69 Å². The third kappa shape index (κ3) is 3.65. The van der Waals surface area contributed by atoms with Gasteiger partial charge in [0.1, 0.15) is 5.76 Å². The molecule has 2 aromatic carbocycles. The Morgan fingerprint density at radius 2 is 1.54 bits per heavy atom. The van der Waals surface area contributed by atoms with Crippen molar-refractivity contribution >= 4 is 17.3 Å². The number of hydrogen-bond acceptors (Lipinski definition) is 5. The Labute approximate surface area is 150 Å². The number of hydrogen-bond donors (Lipinski definition) is 3. The van der Waals surface area contributed by atoms with E-state index in [2.05, 4.69) is 5.32 Å². The quantitative estimate of drug-likeness (QED) is 0.619. The zero-order valence-corrected chi connectivity index (χ0v) is 14.4. The number of carbonyl (C=O) groups is 1. The minimum Gasteiger partial charge on any atom is -0.422 e. The van der Waals surface area contributed by atoms with Gasteiger partial charge in [-0.3, -0.25) is 15.5 Å². The van der Waals surface area contributed by atoms with Gasteiger partial charge in [-0.05, 0) is 26.0 Å². The van der Waals surface area contributed by atoms with Crippen LogP contribution in [0.5, 0.6) is 0 Å². The fourth-order valence-corrected chi connectivity index (χ4v) is 2.49. The van der Waals surface area contributed by atoms with Gasteiger partial charge in [0.25, 0.3) is 5.91 Å². The molecule has 0 saturated heterocycles. The standard InChI is InChI=1S/C20H18N2O4/c1-12-3-7-14(8-4-12)17-11-16(22-25)18(20(24)26-17)19(23)21-15-9-5-13(2)6-10-15/h3-11,22,25H,1-2H3,(H,21,23). The molecule has 0 atom stereocenters. The summed E-state index contributed by atoms with van der Waals surface area (Å²) in [6.07, 6.45) is 0. The molecule has 132 valence electrons. The molecule has 0 bridgehead atoms. The van der Waals surface area contributed by atoms with Crippen LogP contribution >= 0.6 is 0 Å². The Bertz CT molecular complexity index is 990. The molecule has 1 heterocycles. The van der Waals surface area contributed by atoms with Gasteiger partial charge in [-0.1, -0.05) is 47.5 Å². The van der Waals surface area contributed by atoms with Crippen molar-refractivity contribution in [2.75, 3.05) is 10.8 Å². The highest BCUT2D eigenvalue weighted by Crippen LogP contribution is 2.24. The minimum absolute atomic E-state index is 0.0264. The number of aryl methyl sites for hydroxylation is 2. The first-order chi connectivity index (χ1) is 12.5. The molecule has 3 rings (SSSR count). The zero-order valence-electron chi connectivity index (χ0n) is 14.4. The molecule has 3 N–H and O–H groups in total. The zero-order chi connectivity index (χ0) is 18.7. The Hall–Kier alpha value is -3.38. The molecule has 0 saturated carbocycles. The van der Waals surface area contributed by atoms with Crippen LogP contribution in [-0.2, 0) is 0 Å². The maximum Gasteiger partial charge on any atom is 0.351 e. The van der Waals surface area contributed by atoms with E-state index in [4.69, 9.17) is 4.42 Å². The molecule has 0 spiro atoms. The molecule has 0 aliphatic carbocycles. The summed E-state index contributed by atoms with van der Waals surface area (Å²) in [7, 11) is 0. The van der Waals surface area contributed by atoms with Crippen molar-refractivity contribution < 1.29 is 14.4 Å². The number of rotatable bonds is 4. The van der Waals surface area contributed by atoms with Gasteiger partial charge >= 0.3 is 5.63 Å². The second-order valence-corrected chi connectivity index (χ2v) is 5.98. The van der Waals surface area contributed by atoms with Crippen molar-refractivity contribution in [2.45, 2.75) is 13.8 Å². The molecular weight excluding hydrogens is 332 g/mol. The first kappa shape index (κ1) is 17.4. The normalized spacial score (nSPS) is 10.4. The van der Waals surface area contributed by atoms with Crippen molar-refractivity contribution in [3.8, 4) is 11.3 Å². The molecule has 0 unspecified atom stereocenters. The smallest absolute Gasteiger partial charge is 0.351 e. The summed E-state index contributed by atoms with van der Waals surface area (Å²) >= 11 is 0. The average Bonchev–Trinajstić information content (AvgIpc) is 2.63. The van der Waals surface area contributed by atoms with Crippen molar-refractivity contribution in [1.29, 1.82) is 0 Å². The molecule has 0 aliphatic heterocycles. The van der Waals surface area contributed by atoms with Crippen molar-refractivity contribution in [2.24, 2.45) is 0 Å². The van der Waals surface area contributed by atoms with Crippen LogP contribution in [0.4, 0.5) is 11.4 Å². The lowest BCUT2D eigenvalue weighted by molar-refractivity contribution is 0.102. The van der Waals surface area contributed by atoms with Crippen LogP contribution in [0.1, 0.15) is 21.5 Å². The Morgan fingerprint density at radius 3 is 2.12 bits per heavy atom. The second kappa shape index (κ2) is 7.25. The minimum atomic E-state index is -0.843. The largest absolute Gasteiger partial charge is 0.422 e. The summed E-state index contributed by atoms with van der Waals surface area (Å²) < 4.78 is 5.29. The molecule has 6 heteroatoms. The summed E-state index contributed by atoms with van der Waals surface area (Å²) in [6.45, 7) is 3.87. The van der Waals surface area contributed by atoms with Gasteiger partial charge in [0, 0.05) is 17.3 Å². The molecule has 26 heavy (non-hydrogen) atoms. The highest BCUT2D eigenvalue weighted by Gasteiger charge is 2.20. The van der Waals surface area contributed by atoms with E-state index in [1.54, 1.807) is 24.3 Å². The predicted octanol–water partition coefficient (Wildman–Crippen LogP) is 3.98. The van der Waals surface area contributed by atoms with E-state index in [0.717, 1.165) is 11.1 Å². The Kier molecular flexibility index (Phi) is 4.86. The van der Waals surface area contributed by atoms with Crippen LogP contribution in [0.2, 0.25) is 0 Å². The van der Waals surface area contributed by atoms with Gasteiger partial charge in [0.15, 0.2) is 5.56 Å². The average molecular weight is 350 g/mol. The van der Waals surface area contributed by atoms with Crippen LogP contribution in [0, 0.1) is 13.8 Å². The monoisotopic (exact) mass is 350 g/mol. The number of amides is 1. The van der Waals surface area contributed by atoms with Crippen molar-refractivity contribution in [3.05, 3.63) is 81.7 Å². The lowest BCUT2D eigenvalue weighted by Crippen LogP contribution is -2.23. The molecule has 0 radical (unpaired) electrons. The molecule has 6 nitrogen and oxygen atoms in total. The van der Waals surface area contributed by atoms with Gasteiger partial charge in [0.2, 0.25) is 0 Å². The highest BCUT2D eigenvalue weighted by molar-refractivity contribution is 6.07. The molecule has 1 aromatic heterocycles. The Morgan fingerprint density at radius 1 is 0.962 bits per heavy atom. The van der Waals surface area contributed by atoms with Crippen LogP contribution in [-0.4, -0.2) is 11.1 Å². The fourth-order valence-electron chi connectivity index (χ4n) is 2.49. The SMILES string of the molecule is Cc1ccc(NC(=O)c2c(NO)cc(-c3ccc(C)cc3)oc2=O)cc1. The summed E-state index contributed by atoms with van der Waals surface area (Å²) in [4.78, 5) is 24.8. The molecule has 3 aromatic rings. The summed E-state index contributed by atoms with van der Waals surface area (Å²) in [5.41, 5.74) is 4.04. The molecule has 0 aliphatic rings. The lowest BCUT2D eigenvalue weighted by Gasteiger charge is -2.10. The lowest BCUT2D eigenvalue weighted by atomic mass is 10.1. The number of benzene rings is 2. The number of nitrogens with one attached hydrogen (secondary N) is 2.